The number of amides is 1. The molecule has 1 N–H and O–H groups in total. The number of benzene rings is 2. The molecule has 24 heavy (non-hydrogen) atoms. The molecule has 5 nitrogen and oxygen atoms in total. The first-order chi connectivity index (χ1) is 11.6. The Labute approximate surface area is 140 Å². The molecule has 3 aromatic rings. The van der Waals surface area contributed by atoms with Gasteiger partial charge in [-0.05, 0) is 43.3 Å². The van der Waals surface area contributed by atoms with Gasteiger partial charge in [0, 0.05) is 29.7 Å². The predicted octanol–water partition coefficient (Wildman–Crippen LogP) is 3.84. The van der Waals surface area contributed by atoms with Gasteiger partial charge >= 0.3 is 0 Å². The number of hydrogen-bond acceptors (Lipinski definition) is 3. The number of anilines is 1. The Hall–Kier alpha value is -2.95. The third-order valence-corrected chi connectivity index (χ3v) is 3.89. The van der Waals surface area contributed by atoms with Crippen LogP contribution in [0.25, 0.3) is 10.9 Å². The highest BCUT2D eigenvalue weighted by Crippen LogP contribution is 2.25. The first-order valence-electron chi connectivity index (χ1n) is 7.80. The summed E-state index contributed by atoms with van der Waals surface area (Å²) >= 11 is 0. The van der Waals surface area contributed by atoms with Gasteiger partial charge in [0.05, 0.1) is 13.7 Å². The molecule has 0 radical (unpaired) electrons. The Balaban J connectivity index is 1.90. The van der Waals surface area contributed by atoms with E-state index < -0.39 is 0 Å². The molecule has 0 saturated heterocycles. The number of nitrogens with one attached hydrogen (secondary N) is 1. The van der Waals surface area contributed by atoms with Gasteiger partial charge in [0.1, 0.15) is 17.2 Å². The standard InChI is InChI=1S/C19H20N2O3/c1-4-24-16-8-9-17-13(10-16)11-18(21(17)2)19(22)20-14-6-5-7-15(12-14)23-3/h5-12H,4H2,1-3H3,(H,20,22). The molecule has 124 valence electrons. The number of ether oxygens (including phenoxy) is 2. The van der Waals surface area contributed by atoms with Crippen molar-refractivity contribution >= 4 is 22.5 Å². The summed E-state index contributed by atoms with van der Waals surface area (Å²) in [5.74, 6) is 1.33. The first kappa shape index (κ1) is 15.9. The third-order valence-electron chi connectivity index (χ3n) is 3.89. The van der Waals surface area contributed by atoms with E-state index >= 15 is 0 Å². The SMILES string of the molecule is CCOc1ccc2c(c1)cc(C(=O)Nc1cccc(OC)c1)n2C. The number of carbonyl (C=O) groups excluding carboxylic acids is 1. The lowest BCUT2D eigenvalue weighted by Crippen LogP contribution is -2.15. The number of carbonyl (C=O) groups is 1. The normalized spacial score (nSPS) is 10.6. The molecule has 0 unspecified atom stereocenters. The molecule has 0 atom stereocenters. The predicted molar refractivity (Wildman–Crippen MR) is 95.0 cm³/mol. The average molecular weight is 324 g/mol. The van der Waals surface area contributed by atoms with Crippen LogP contribution < -0.4 is 14.8 Å². The highest BCUT2D eigenvalue weighted by Gasteiger charge is 2.14. The fourth-order valence-corrected chi connectivity index (χ4v) is 2.70. The second kappa shape index (κ2) is 6.66. The minimum atomic E-state index is -0.167. The minimum Gasteiger partial charge on any atom is -0.497 e. The maximum absolute atomic E-state index is 12.6. The lowest BCUT2D eigenvalue weighted by atomic mass is 10.2. The third kappa shape index (κ3) is 3.06. The smallest absolute Gasteiger partial charge is 0.272 e. The van der Waals surface area contributed by atoms with Crippen molar-refractivity contribution in [2.24, 2.45) is 7.05 Å². The first-order valence-corrected chi connectivity index (χ1v) is 7.80. The lowest BCUT2D eigenvalue weighted by Gasteiger charge is -2.08. The zero-order valence-corrected chi connectivity index (χ0v) is 14.0. The van der Waals surface area contributed by atoms with Crippen LogP contribution in [0.5, 0.6) is 11.5 Å². The Kier molecular flexibility index (Phi) is 4.42. The van der Waals surface area contributed by atoms with Gasteiger partial charge < -0.3 is 19.4 Å². The number of aromatic nitrogens is 1. The summed E-state index contributed by atoms with van der Waals surface area (Å²) in [6, 6.07) is 15.0. The van der Waals surface area contributed by atoms with Crippen molar-refractivity contribution in [1.82, 2.24) is 4.57 Å². The van der Waals surface area contributed by atoms with Crippen molar-refractivity contribution in [3.05, 3.63) is 54.2 Å². The largest absolute Gasteiger partial charge is 0.497 e. The van der Waals surface area contributed by atoms with E-state index in [-0.39, 0.29) is 5.91 Å². The van der Waals surface area contributed by atoms with E-state index in [0.717, 1.165) is 16.7 Å². The zero-order chi connectivity index (χ0) is 17.1. The molecule has 0 aliphatic rings. The van der Waals surface area contributed by atoms with Crippen LogP contribution in [0, 0.1) is 0 Å². The Bertz CT molecular complexity index is 883. The molecule has 0 fully saturated rings. The molecule has 1 aromatic heterocycles. The second-order valence-electron chi connectivity index (χ2n) is 5.43. The number of methoxy groups -OCH3 is 1. The Morgan fingerprint density at radius 3 is 2.71 bits per heavy atom. The fourth-order valence-electron chi connectivity index (χ4n) is 2.70. The fraction of sp³-hybridized carbons (Fsp3) is 0.211. The number of nitrogens with zero attached hydrogens (tertiary/aromatic N) is 1. The van der Waals surface area contributed by atoms with E-state index in [4.69, 9.17) is 9.47 Å². The van der Waals surface area contributed by atoms with Gasteiger partial charge in [-0.2, -0.15) is 0 Å². The number of rotatable bonds is 5. The molecule has 3 rings (SSSR count). The summed E-state index contributed by atoms with van der Waals surface area (Å²) in [5.41, 5.74) is 2.26. The molecule has 0 aliphatic heterocycles. The van der Waals surface area contributed by atoms with Crippen molar-refractivity contribution in [3.8, 4) is 11.5 Å². The Morgan fingerprint density at radius 1 is 1.12 bits per heavy atom. The topological polar surface area (TPSA) is 52.5 Å². The van der Waals surface area contributed by atoms with E-state index in [1.165, 1.54) is 0 Å². The molecule has 0 aliphatic carbocycles. The molecular weight excluding hydrogens is 304 g/mol. The summed E-state index contributed by atoms with van der Waals surface area (Å²) in [6.45, 7) is 2.56. The summed E-state index contributed by atoms with van der Waals surface area (Å²) in [4.78, 5) is 12.6. The average Bonchev–Trinajstić information content (AvgIpc) is 2.92. The van der Waals surface area contributed by atoms with Crippen LogP contribution in [0.3, 0.4) is 0 Å². The van der Waals surface area contributed by atoms with Gasteiger partial charge in [-0.25, -0.2) is 0 Å². The zero-order valence-electron chi connectivity index (χ0n) is 14.0. The van der Waals surface area contributed by atoms with E-state index in [0.29, 0.717) is 23.7 Å². The maximum Gasteiger partial charge on any atom is 0.272 e. The molecule has 0 spiro atoms. The number of fused-ring (bicyclic) bond motifs is 1. The van der Waals surface area contributed by atoms with Gasteiger partial charge in [-0.3, -0.25) is 4.79 Å². The van der Waals surface area contributed by atoms with Crippen LogP contribution >= 0.6 is 0 Å². The van der Waals surface area contributed by atoms with E-state index in [9.17, 15) is 4.79 Å². The quantitative estimate of drug-likeness (QED) is 0.776. The molecule has 1 heterocycles. The van der Waals surface area contributed by atoms with Gasteiger partial charge in [0.2, 0.25) is 0 Å². The summed E-state index contributed by atoms with van der Waals surface area (Å²) in [5, 5.41) is 3.87. The molecular formula is C19H20N2O3. The lowest BCUT2D eigenvalue weighted by molar-refractivity contribution is 0.102. The number of aryl methyl sites for hydroxylation is 1. The molecule has 0 saturated carbocycles. The summed E-state index contributed by atoms with van der Waals surface area (Å²) in [6.07, 6.45) is 0. The summed E-state index contributed by atoms with van der Waals surface area (Å²) in [7, 11) is 3.48. The highest BCUT2D eigenvalue weighted by atomic mass is 16.5. The van der Waals surface area contributed by atoms with E-state index in [1.54, 1.807) is 13.2 Å². The van der Waals surface area contributed by atoms with Crippen molar-refractivity contribution < 1.29 is 14.3 Å². The van der Waals surface area contributed by atoms with Gasteiger partial charge in [-0.15, -0.1) is 0 Å². The maximum atomic E-state index is 12.6. The van der Waals surface area contributed by atoms with E-state index in [2.05, 4.69) is 5.32 Å². The molecule has 1 amide bonds. The molecule has 0 bridgehead atoms. The number of hydrogen-bond donors (Lipinski definition) is 1. The van der Waals surface area contributed by atoms with Crippen molar-refractivity contribution in [2.45, 2.75) is 6.92 Å². The van der Waals surface area contributed by atoms with Crippen LogP contribution in [0.1, 0.15) is 17.4 Å². The minimum absolute atomic E-state index is 0.167. The van der Waals surface area contributed by atoms with Crippen LogP contribution in [0.2, 0.25) is 0 Å². The second-order valence-corrected chi connectivity index (χ2v) is 5.43. The molecule has 2 aromatic carbocycles. The monoisotopic (exact) mass is 324 g/mol. The van der Waals surface area contributed by atoms with Crippen LogP contribution in [-0.2, 0) is 7.05 Å². The van der Waals surface area contributed by atoms with Crippen molar-refractivity contribution in [2.75, 3.05) is 19.0 Å². The van der Waals surface area contributed by atoms with Gasteiger partial charge in [-0.1, -0.05) is 6.07 Å². The van der Waals surface area contributed by atoms with Crippen LogP contribution in [-0.4, -0.2) is 24.2 Å². The molecule has 5 heteroatoms. The van der Waals surface area contributed by atoms with Crippen molar-refractivity contribution in [1.29, 1.82) is 0 Å². The van der Waals surface area contributed by atoms with Crippen LogP contribution in [0.15, 0.2) is 48.5 Å². The van der Waals surface area contributed by atoms with Crippen molar-refractivity contribution in [3.63, 3.8) is 0 Å². The van der Waals surface area contributed by atoms with Gasteiger partial charge in [0.25, 0.3) is 5.91 Å². The highest BCUT2D eigenvalue weighted by molar-refractivity contribution is 6.06. The Morgan fingerprint density at radius 2 is 1.96 bits per heavy atom. The summed E-state index contributed by atoms with van der Waals surface area (Å²) < 4.78 is 12.6. The van der Waals surface area contributed by atoms with E-state index in [1.807, 2.05) is 61.0 Å². The van der Waals surface area contributed by atoms with Crippen LogP contribution in [0.4, 0.5) is 5.69 Å². The van der Waals surface area contributed by atoms with Gasteiger partial charge in [0.15, 0.2) is 0 Å².